The number of fused-ring (bicyclic) bond motifs is 1. The van der Waals surface area contributed by atoms with E-state index >= 15 is 0 Å². The Morgan fingerprint density at radius 3 is 2.73 bits per heavy atom. The molecule has 0 spiro atoms. The highest BCUT2D eigenvalue weighted by Gasteiger charge is 2.27. The van der Waals surface area contributed by atoms with E-state index in [9.17, 15) is 13.6 Å². The minimum atomic E-state index is -0.719. The number of rotatable bonds is 1. The van der Waals surface area contributed by atoms with Crippen molar-refractivity contribution in [1.29, 1.82) is 0 Å². The number of hydrogen-bond acceptors (Lipinski definition) is 2. The van der Waals surface area contributed by atoms with Crippen LogP contribution in [-0.2, 0) is 6.42 Å². The Kier molecular flexibility index (Phi) is 4.02. The highest BCUT2D eigenvalue weighted by atomic mass is 35.5. The number of benzene rings is 1. The third-order valence-electron chi connectivity index (χ3n) is 3.52. The molecular weight excluding hydrogens is 333 g/mol. The van der Waals surface area contributed by atoms with Gasteiger partial charge in [0, 0.05) is 24.4 Å². The Hall–Kier alpha value is -1.72. The lowest BCUT2D eigenvalue weighted by atomic mass is 10.00. The van der Waals surface area contributed by atoms with Crippen LogP contribution < -0.4 is 4.90 Å². The van der Waals surface area contributed by atoms with Crippen LogP contribution in [0.2, 0.25) is 10.2 Å². The van der Waals surface area contributed by atoms with Gasteiger partial charge in [-0.3, -0.25) is 4.79 Å². The Balaban J connectivity index is 2.03. The molecule has 114 valence electrons. The summed E-state index contributed by atoms with van der Waals surface area (Å²) in [5.41, 5.74) is 0.806. The second-order valence-electron chi connectivity index (χ2n) is 4.94. The predicted molar refractivity (Wildman–Crippen MR) is 80.6 cm³/mol. The Labute approximate surface area is 135 Å². The molecule has 1 amide bonds. The second kappa shape index (κ2) is 5.82. The Morgan fingerprint density at radius 2 is 2.00 bits per heavy atom. The van der Waals surface area contributed by atoms with Gasteiger partial charge in [-0.2, -0.15) is 0 Å². The molecule has 2 aromatic rings. The van der Waals surface area contributed by atoms with Crippen LogP contribution in [0.1, 0.15) is 22.3 Å². The molecule has 1 aliphatic rings. The Bertz CT molecular complexity index is 767. The van der Waals surface area contributed by atoms with Crippen molar-refractivity contribution in [2.75, 3.05) is 11.4 Å². The van der Waals surface area contributed by atoms with Gasteiger partial charge in [-0.05, 0) is 25.0 Å². The van der Waals surface area contributed by atoms with Crippen LogP contribution in [0.3, 0.4) is 0 Å². The molecule has 7 heteroatoms. The van der Waals surface area contributed by atoms with E-state index in [1.807, 2.05) is 0 Å². The van der Waals surface area contributed by atoms with Gasteiger partial charge < -0.3 is 4.90 Å². The van der Waals surface area contributed by atoms with Gasteiger partial charge in [0.25, 0.3) is 5.91 Å². The van der Waals surface area contributed by atoms with Gasteiger partial charge in [0.05, 0.1) is 16.3 Å². The first-order valence-corrected chi connectivity index (χ1v) is 7.34. The lowest BCUT2D eigenvalue weighted by Gasteiger charge is -2.29. The van der Waals surface area contributed by atoms with Crippen LogP contribution in [-0.4, -0.2) is 17.4 Å². The molecule has 3 nitrogen and oxygen atoms in total. The average molecular weight is 343 g/mol. The first-order valence-electron chi connectivity index (χ1n) is 6.58. The van der Waals surface area contributed by atoms with Crippen molar-refractivity contribution in [2.24, 2.45) is 0 Å². The molecule has 1 aromatic carbocycles. The largest absolute Gasteiger partial charge is 0.308 e. The summed E-state index contributed by atoms with van der Waals surface area (Å²) in [6.07, 6.45) is 2.35. The number of amides is 1. The van der Waals surface area contributed by atoms with Gasteiger partial charge in [0.2, 0.25) is 0 Å². The molecule has 0 bridgehead atoms. The minimum Gasteiger partial charge on any atom is -0.308 e. The molecule has 1 aliphatic heterocycles. The summed E-state index contributed by atoms with van der Waals surface area (Å²) in [4.78, 5) is 17.8. The van der Waals surface area contributed by atoms with Crippen LogP contribution in [0.25, 0.3) is 0 Å². The standard InChI is InChI=1S/C15H10Cl2F2N2O/c16-11-4-8(7-20-14(11)17)15(22)21-3-1-2-10-12(19)5-9(18)6-13(10)21/h4-7H,1-3H2. The number of hydrogen-bond donors (Lipinski definition) is 0. The van der Waals surface area contributed by atoms with Crippen LogP contribution in [0, 0.1) is 11.6 Å². The second-order valence-corrected chi connectivity index (χ2v) is 5.71. The predicted octanol–water partition coefficient (Wildman–Crippen LogP) is 4.26. The molecule has 0 fully saturated rings. The van der Waals surface area contributed by atoms with E-state index in [0.717, 1.165) is 6.07 Å². The van der Waals surface area contributed by atoms with Crippen molar-refractivity contribution in [3.63, 3.8) is 0 Å². The van der Waals surface area contributed by atoms with E-state index < -0.39 is 17.5 Å². The van der Waals surface area contributed by atoms with E-state index in [0.29, 0.717) is 24.9 Å². The smallest absolute Gasteiger partial charge is 0.259 e. The molecule has 0 N–H and O–H groups in total. The molecule has 2 heterocycles. The normalized spacial score (nSPS) is 13.9. The Morgan fingerprint density at radius 1 is 1.23 bits per heavy atom. The zero-order valence-corrected chi connectivity index (χ0v) is 12.8. The average Bonchev–Trinajstić information content (AvgIpc) is 2.49. The maximum Gasteiger partial charge on any atom is 0.259 e. The molecule has 0 aliphatic carbocycles. The summed E-state index contributed by atoms with van der Waals surface area (Å²) in [5, 5.41) is 0.240. The van der Waals surface area contributed by atoms with Gasteiger partial charge in [0.15, 0.2) is 0 Å². The maximum absolute atomic E-state index is 13.9. The summed E-state index contributed by atoms with van der Waals surface area (Å²) < 4.78 is 27.3. The van der Waals surface area contributed by atoms with Crippen molar-refractivity contribution in [3.8, 4) is 0 Å². The highest BCUT2D eigenvalue weighted by Crippen LogP contribution is 2.32. The highest BCUT2D eigenvalue weighted by molar-refractivity contribution is 6.41. The maximum atomic E-state index is 13.9. The van der Waals surface area contributed by atoms with Gasteiger partial charge >= 0.3 is 0 Å². The monoisotopic (exact) mass is 342 g/mol. The number of carbonyl (C=O) groups excluding carboxylic acids is 1. The molecule has 0 atom stereocenters. The van der Waals surface area contributed by atoms with E-state index in [4.69, 9.17) is 23.2 Å². The summed E-state index contributed by atoms with van der Waals surface area (Å²) >= 11 is 11.6. The third-order valence-corrected chi connectivity index (χ3v) is 4.21. The quantitative estimate of drug-likeness (QED) is 0.725. The zero-order valence-electron chi connectivity index (χ0n) is 11.2. The van der Waals surface area contributed by atoms with Gasteiger partial charge in [-0.1, -0.05) is 23.2 Å². The fraction of sp³-hybridized carbons (Fsp3) is 0.200. The van der Waals surface area contributed by atoms with Gasteiger partial charge in [-0.15, -0.1) is 0 Å². The van der Waals surface area contributed by atoms with Crippen molar-refractivity contribution in [2.45, 2.75) is 12.8 Å². The van der Waals surface area contributed by atoms with Crippen LogP contribution in [0.15, 0.2) is 24.4 Å². The van der Waals surface area contributed by atoms with Crippen molar-refractivity contribution >= 4 is 34.8 Å². The molecule has 0 saturated heterocycles. The molecule has 0 radical (unpaired) electrons. The van der Waals surface area contributed by atoms with Crippen LogP contribution >= 0.6 is 23.2 Å². The van der Waals surface area contributed by atoms with E-state index in [1.165, 1.54) is 23.2 Å². The number of carbonyl (C=O) groups is 1. The first kappa shape index (κ1) is 15.2. The van der Waals surface area contributed by atoms with Crippen molar-refractivity contribution in [3.05, 3.63) is 57.3 Å². The number of anilines is 1. The van der Waals surface area contributed by atoms with Gasteiger partial charge in [0.1, 0.15) is 16.8 Å². The topological polar surface area (TPSA) is 33.2 Å². The number of nitrogens with zero attached hydrogens (tertiary/aromatic N) is 2. The molecule has 0 unspecified atom stereocenters. The summed E-state index contributed by atoms with van der Waals surface area (Å²) in [5.74, 6) is -1.78. The molecule has 22 heavy (non-hydrogen) atoms. The number of halogens is 4. The minimum absolute atomic E-state index is 0.0920. The summed E-state index contributed by atoms with van der Waals surface area (Å²) in [6.45, 7) is 0.370. The lowest BCUT2D eigenvalue weighted by Crippen LogP contribution is -2.36. The number of pyridine rings is 1. The van der Waals surface area contributed by atoms with Crippen LogP contribution in [0.5, 0.6) is 0 Å². The van der Waals surface area contributed by atoms with E-state index in [-0.39, 0.29) is 21.4 Å². The lowest BCUT2D eigenvalue weighted by molar-refractivity contribution is 0.0984. The molecule has 0 saturated carbocycles. The first-order chi connectivity index (χ1) is 10.5. The summed E-state index contributed by atoms with van der Waals surface area (Å²) in [7, 11) is 0. The fourth-order valence-corrected chi connectivity index (χ4v) is 2.79. The SMILES string of the molecule is O=C(c1cnc(Cl)c(Cl)c1)N1CCCc2c(F)cc(F)cc21. The van der Waals surface area contributed by atoms with Gasteiger partial charge in [-0.25, -0.2) is 13.8 Å². The number of aromatic nitrogens is 1. The fourth-order valence-electron chi connectivity index (χ4n) is 2.52. The van der Waals surface area contributed by atoms with Crippen molar-refractivity contribution in [1.82, 2.24) is 4.98 Å². The van der Waals surface area contributed by atoms with E-state index in [2.05, 4.69) is 4.98 Å². The molecular formula is C15H10Cl2F2N2O. The molecule has 1 aromatic heterocycles. The van der Waals surface area contributed by atoms with Crippen LogP contribution in [0.4, 0.5) is 14.5 Å². The van der Waals surface area contributed by atoms with Crippen molar-refractivity contribution < 1.29 is 13.6 Å². The third kappa shape index (κ3) is 2.66. The summed E-state index contributed by atoms with van der Waals surface area (Å²) in [6, 6.07) is 3.39. The zero-order chi connectivity index (χ0) is 15.9. The van der Waals surface area contributed by atoms with E-state index in [1.54, 1.807) is 0 Å². The molecule has 3 rings (SSSR count).